The molecule has 0 spiro atoms. The molecule has 2 rings (SSSR count). The van der Waals surface area contributed by atoms with E-state index < -0.39 is 9.84 Å². The Labute approximate surface area is 187 Å². The number of allylic oxidation sites excluding steroid dienone is 1. The second-order valence-electron chi connectivity index (χ2n) is 6.50. The number of sulfone groups is 1. The van der Waals surface area contributed by atoms with Crippen molar-refractivity contribution in [2.45, 2.75) is 12.7 Å². The Kier molecular flexibility index (Phi) is 8.65. The molecule has 2 aromatic rings. The van der Waals surface area contributed by atoms with Crippen molar-refractivity contribution in [2.75, 3.05) is 33.8 Å². The lowest BCUT2D eigenvalue weighted by Crippen LogP contribution is -2.05. The first-order valence-electron chi connectivity index (χ1n) is 9.41. The normalized spacial score (nSPS) is 11.5. The van der Waals surface area contributed by atoms with Gasteiger partial charge in [-0.3, -0.25) is 4.79 Å². The fraction of sp³-hybridized carbons (Fsp3) is 0.273. The van der Waals surface area contributed by atoms with Crippen LogP contribution in [0.25, 0.3) is 6.08 Å². The van der Waals surface area contributed by atoms with Crippen LogP contribution in [0.4, 0.5) is 5.82 Å². The molecule has 10 heteroatoms. The molecule has 0 amide bonds. The highest BCUT2D eigenvalue weighted by Gasteiger charge is 2.15. The summed E-state index contributed by atoms with van der Waals surface area (Å²) in [6, 6.07) is 6.42. The molecule has 0 saturated heterocycles. The number of aromatic nitrogens is 1. The summed E-state index contributed by atoms with van der Waals surface area (Å²) in [5.41, 5.74) is 0.752. The predicted molar refractivity (Wildman–Crippen MR) is 122 cm³/mol. The number of ether oxygens (including phenoxy) is 4. The summed E-state index contributed by atoms with van der Waals surface area (Å²) in [4.78, 5) is 15.4. The lowest BCUT2D eigenvalue weighted by molar-refractivity contribution is -0.112. The highest BCUT2D eigenvalue weighted by atomic mass is 32.2. The molecule has 1 aromatic carbocycles. The van der Waals surface area contributed by atoms with Crippen LogP contribution in [-0.2, 0) is 20.4 Å². The lowest BCUT2D eigenvalue weighted by Gasteiger charge is -2.12. The van der Waals surface area contributed by atoms with E-state index in [0.717, 1.165) is 5.41 Å². The standard InChI is InChI=1S/C22H26N2O7S/c1-15(25)8-10-23-22-19(29-3)7-6-16(24-22)14-32(26,27)11-9-18-20(30-4)12-17(28-2)13-21(18)31-5/h6-13H,14H2,1-5H3,(H,23,24)/b10-8-,11-9+. The quantitative estimate of drug-likeness (QED) is 0.503. The van der Waals surface area contributed by atoms with E-state index in [4.69, 9.17) is 18.9 Å². The van der Waals surface area contributed by atoms with Crippen molar-refractivity contribution in [1.29, 1.82) is 0 Å². The topological polar surface area (TPSA) is 113 Å². The molecular weight excluding hydrogens is 436 g/mol. The maximum atomic E-state index is 12.7. The van der Waals surface area contributed by atoms with Gasteiger partial charge in [-0.1, -0.05) is 0 Å². The van der Waals surface area contributed by atoms with E-state index in [0.29, 0.717) is 40.1 Å². The van der Waals surface area contributed by atoms with Crippen molar-refractivity contribution in [3.63, 3.8) is 0 Å². The van der Waals surface area contributed by atoms with Crippen LogP contribution in [0.3, 0.4) is 0 Å². The minimum atomic E-state index is -3.69. The maximum Gasteiger partial charge on any atom is 0.177 e. The molecule has 0 aliphatic carbocycles. The van der Waals surface area contributed by atoms with Gasteiger partial charge in [0.15, 0.2) is 27.2 Å². The van der Waals surface area contributed by atoms with Crippen LogP contribution in [0.15, 0.2) is 41.9 Å². The molecule has 0 saturated carbocycles. The van der Waals surface area contributed by atoms with Gasteiger partial charge < -0.3 is 24.3 Å². The predicted octanol–water partition coefficient (Wildman–Crippen LogP) is 3.22. The van der Waals surface area contributed by atoms with E-state index >= 15 is 0 Å². The molecule has 172 valence electrons. The van der Waals surface area contributed by atoms with Crippen LogP contribution in [0.1, 0.15) is 18.2 Å². The summed E-state index contributed by atoms with van der Waals surface area (Å²) in [6.45, 7) is 1.41. The summed E-state index contributed by atoms with van der Waals surface area (Å²) >= 11 is 0. The maximum absolute atomic E-state index is 12.7. The molecule has 0 atom stereocenters. The molecule has 9 nitrogen and oxygen atoms in total. The molecule has 0 aliphatic heterocycles. The number of ketones is 1. The number of benzene rings is 1. The van der Waals surface area contributed by atoms with Gasteiger partial charge in [0.25, 0.3) is 0 Å². The zero-order valence-electron chi connectivity index (χ0n) is 18.5. The number of nitrogens with zero attached hydrogens (tertiary/aromatic N) is 1. The van der Waals surface area contributed by atoms with E-state index in [-0.39, 0.29) is 11.5 Å². The number of hydrogen-bond acceptors (Lipinski definition) is 9. The van der Waals surface area contributed by atoms with Crippen molar-refractivity contribution in [2.24, 2.45) is 0 Å². The zero-order valence-corrected chi connectivity index (χ0v) is 19.4. The van der Waals surface area contributed by atoms with Crippen molar-refractivity contribution in [1.82, 2.24) is 4.98 Å². The Bertz CT molecular complexity index is 1100. The van der Waals surface area contributed by atoms with Crippen LogP contribution in [-0.4, -0.2) is 47.6 Å². The average Bonchev–Trinajstić information content (AvgIpc) is 2.76. The first-order chi connectivity index (χ1) is 15.2. The number of nitrogens with one attached hydrogen (secondary N) is 1. The molecule has 0 unspecified atom stereocenters. The number of rotatable bonds is 11. The van der Waals surface area contributed by atoms with Crippen LogP contribution in [0.5, 0.6) is 23.0 Å². The molecule has 32 heavy (non-hydrogen) atoms. The van der Waals surface area contributed by atoms with Crippen LogP contribution in [0, 0.1) is 0 Å². The third kappa shape index (κ3) is 6.74. The zero-order chi connectivity index (χ0) is 23.7. The van der Waals surface area contributed by atoms with E-state index in [1.54, 1.807) is 24.3 Å². The first kappa shape index (κ1) is 24.7. The summed E-state index contributed by atoms with van der Waals surface area (Å²) in [5, 5.41) is 3.90. The second kappa shape index (κ2) is 11.2. The van der Waals surface area contributed by atoms with Gasteiger partial charge in [0, 0.05) is 23.7 Å². The largest absolute Gasteiger partial charge is 0.496 e. The molecule has 1 N–H and O–H groups in total. The molecule has 0 bridgehead atoms. The SMILES string of the molecule is COc1cc(OC)c(/C=C/S(=O)(=O)Cc2ccc(OC)c(N/C=C\C(C)=O)n2)c(OC)c1. The number of anilines is 1. The average molecular weight is 463 g/mol. The first-order valence-corrected chi connectivity index (χ1v) is 11.1. The monoisotopic (exact) mass is 462 g/mol. The Balaban J connectivity index is 2.31. The number of methoxy groups -OCH3 is 4. The van der Waals surface area contributed by atoms with Gasteiger partial charge in [-0.25, -0.2) is 13.4 Å². The number of hydrogen-bond donors (Lipinski definition) is 1. The van der Waals surface area contributed by atoms with Gasteiger partial charge in [-0.2, -0.15) is 0 Å². The molecule has 1 heterocycles. The van der Waals surface area contributed by atoms with Gasteiger partial charge in [0.2, 0.25) is 0 Å². The Hall–Kier alpha value is -3.53. The fourth-order valence-electron chi connectivity index (χ4n) is 2.70. The Morgan fingerprint density at radius 1 is 1.00 bits per heavy atom. The van der Waals surface area contributed by atoms with Crippen LogP contribution < -0.4 is 24.3 Å². The minimum absolute atomic E-state index is 0.148. The highest BCUT2D eigenvalue weighted by Crippen LogP contribution is 2.35. The van der Waals surface area contributed by atoms with E-state index in [1.807, 2.05) is 0 Å². The Morgan fingerprint density at radius 2 is 1.62 bits per heavy atom. The van der Waals surface area contributed by atoms with Crippen molar-refractivity contribution < 1.29 is 32.2 Å². The van der Waals surface area contributed by atoms with E-state index in [1.165, 1.54) is 53.7 Å². The van der Waals surface area contributed by atoms with E-state index in [9.17, 15) is 13.2 Å². The summed E-state index contributed by atoms with van der Waals surface area (Å²) in [5.74, 6) is 1.52. The number of carbonyl (C=O) groups excluding carboxylic acids is 1. The minimum Gasteiger partial charge on any atom is -0.496 e. The third-order valence-electron chi connectivity index (χ3n) is 4.22. The molecule has 0 aliphatic rings. The van der Waals surface area contributed by atoms with Crippen molar-refractivity contribution in [3.8, 4) is 23.0 Å². The van der Waals surface area contributed by atoms with Crippen LogP contribution >= 0.6 is 0 Å². The fourth-order valence-corrected chi connectivity index (χ4v) is 3.71. The van der Waals surface area contributed by atoms with Crippen molar-refractivity contribution >= 4 is 27.5 Å². The smallest absolute Gasteiger partial charge is 0.177 e. The van der Waals surface area contributed by atoms with Crippen LogP contribution in [0.2, 0.25) is 0 Å². The lowest BCUT2D eigenvalue weighted by atomic mass is 10.1. The molecule has 0 fully saturated rings. The summed E-state index contributed by atoms with van der Waals surface area (Å²) < 4.78 is 46.5. The van der Waals surface area contributed by atoms with Gasteiger partial charge in [-0.15, -0.1) is 0 Å². The van der Waals surface area contributed by atoms with Gasteiger partial charge in [-0.05, 0) is 31.2 Å². The molecule has 1 aromatic heterocycles. The van der Waals surface area contributed by atoms with E-state index in [2.05, 4.69) is 10.3 Å². The summed E-state index contributed by atoms with van der Waals surface area (Å²) in [6.07, 6.45) is 4.14. The number of pyridine rings is 1. The number of carbonyl (C=O) groups is 1. The molecule has 0 radical (unpaired) electrons. The highest BCUT2D eigenvalue weighted by molar-refractivity contribution is 7.93. The van der Waals surface area contributed by atoms with Crippen molar-refractivity contribution in [3.05, 3.63) is 53.2 Å². The molecular formula is C22H26N2O7S. The Morgan fingerprint density at radius 3 is 2.16 bits per heavy atom. The van der Waals surface area contributed by atoms with Gasteiger partial charge in [0.05, 0.1) is 45.4 Å². The third-order valence-corrected chi connectivity index (χ3v) is 5.47. The summed E-state index contributed by atoms with van der Waals surface area (Å²) in [7, 11) is 2.22. The second-order valence-corrected chi connectivity index (χ2v) is 8.38. The van der Waals surface area contributed by atoms with Gasteiger partial charge >= 0.3 is 0 Å². The van der Waals surface area contributed by atoms with Gasteiger partial charge in [0.1, 0.15) is 17.2 Å².